The molecule has 2 aromatic rings. The number of ether oxygens (including phenoxy) is 2. The fourth-order valence-corrected chi connectivity index (χ4v) is 2.53. The highest BCUT2D eigenvalue weighted by Crippen LogP contribution is 2.26. The van der Waals surface area contributed by atoms with Crippen molar-refractivity contribution >= 4 is 29.3 Å². The van der Waals surface area contributed by atoms with Gasteiger partial charge in [-0.25, -0.2) is 9.79 Å². The van der Waals surface area contributed by atoms with Crippen molar-refractivity contribution in [1.29, 1.82) is 0 Å². The zero-order valence-corrected chi connectivity index (χ0v) is 11.8. The third-order valence-corrected chi connectivity index (χ3v) is 3.60. The van der Waals surface area contributed by atoms with Gasteiger partial charge >= 0.3 is 12.6 Å². The Bertz CT molecular complexity index is 754. The summed E-state index contributed by atoms with van der Waals surface area (Å²) in [5.41, 5.74) is 0.315. The molecule has 1 aliphatic rings. The number of esters is 1. The molecular formula is C15H9F2NO3S. The summed E-state index contributed by atoms with van der Waals surface area (Å²) < 4.78 is 34.3. The number of cyclic esters (lactones) is 1. The minimum absolute atomic E-state index is 0.0518. The molecule has 0 atom stereocenters. The van der Waals surface area contributed by atoms with E-state index in [-0.39, 0.29) is 22.9 Å². The predicted octanol–water partition coefficient (Wildman–Crippen LogP) is 3.69. The highest BCUT2D eigenvalue weighted by atomic mass is 32.1. The standard InChI is InChI=1S/C15H9F2NO3S/c16-15(17)20-12-6-2-1-5-10(12)13-18-11(14(19)21-13)8-9-4-3-7-22-9/h1-8,15H/b11-8-. The first-order valence-corrected chi connectivity index (χ1v) is 7.12. The van der Waals surface area contributed by atoms with E-state index in [0.29, 0.717) is 0 Å². The van der Waals surface area contributed by atoms with Crippen molar-refractivity contribution in [3.05, 3.63) is 57.9 Å². The molecule has 3 rings (SSSR count). The molecule has 0 radical (unpaired) electrons. The molecule has 1 aliphatic heterocycles. The van der Waals surface area contributed by atoms with E-state index < -0.39 is 12.6 Å². The molecule has 0 fully saturated rings. The van der Waals surface area contributed by atoms with Crippen molar-refractivity contribution in [2.24, 2.45) is 4.99 Å². The van der Waals surface area contributed by atoms with Crippen molar-refractivity contribution in [2.75, 3.05) is 0 Å². The quantitative estimate of drug-likeness (QED) is 0.637. The molecule has 0 aliphatic carbocycles. The Kier molecular flexibility index (Phi) is 3.97. The second-order valence-corrected chi connectivity index (χ2v) is 5.21. The van der Waals surface area contributed by atoms with Gasteiger partial charge in [-0.3, -0.25) is 0 Å². The van der Waals surface area contributed by atoms with Crippen LogP contribution in [-0.4, -0.2) is 18.5 Å². The molecule has 0 N–H and O–H groups in total. The highest BCUT2D eigenvalue weighted by molar-refractivity contribution is 7.10. The van der Waals surface area contributed by atoms with Crippen LogP contribution in [0.4, 0.5) is 8.78 Å². The first-order valence-electron chi connectivity index (χ1n) is 6.24. The lowest BCUT2D eigenvalue weighted by atomic mass is 10.2. The van der Waals surface area contributed by atoms with Crippen molar-refractivity contribution in [3.8, 4) is 5.75 Å². The second-order valence-electron chi connectivity index (χ2n) is 4.23. The molecule has 7 heteroatoms. The van der Waals surface area contributed by atoms with Crippen molar-refractivity contribution < 1.29 is 23.0 Å². The summed E-state index contributed by atoms with van der Waals surface area (Å²) in [6, 6.07) is 9.68. The van der Waals surface area contributed by atoms with E-state index in [1.54, 1.807) is 18.2 Å². The lowest BCUT2D eigenvalue weighted by molar-refractivity contribution is -0.129. The van der Waals surface area contributed by atoms with Gasteiger partial charge in [0, 0.05) is 4.88 Å². The van der Waals surface area contributed by atoms with Crippen LogP contribution >= 0.6 is 11.3 Å². The number of aliphatic imine (C=N–C) groups is 1. The molecular weight excluding hydrogens is 312 g/mol. The van der Waals surface area contributed by atoms with Crippen LogP contribution in [0.25, 0.3) is 6.08 Å². The van der Waals surface area contributed by atoms with Crippen LogP contribution in [0.3, 0.4) is 0 Å². The normalized spacial score (nSPS) is 16.0. The zero-order valence-electron chi connectivity index (χ0n) is 11.0. The third-order valence-electron chi connectivity index (χ3n) is 2.78. The Balaban J connectivity index is 1.95. The largest absolute Gasteiger partial charge is 0.434 e. The van der Waals surface area contributed by atoms with E-state index in [2.05, 4.69) is 9.73 Å². The van der Waals surface area contributed by atoms with Crippen molar-refractivity contribution in [3.63, 3.8) is 0 Å². The molecule has 22 heavy (non-hydrogen) atoms. The molecule has 1 aromatic heterocycles. The van der Waals surface area contributed by atoms with Crippen molar-refractivity contribution in [2.45, 2.75) is 6.61 Å². The Labute approximate surface area is 128 Å². The Morgan fingerprint density at radius 3 is 2.77 bits per heavy atom. The summed E-state index contributed by atoms with van der Waals surface area (Å²) in [4.78, 5) is 16.7. The van der Waals surface area contributed by atoms with E-state index in [1.807, 2.05) is 17.5 Å². The molecule has 4 nitrogen and oxygen atoms in total. The van der Waals surface area contributed by atoms with Crippen LogP contribution in [-0.2, 0) is 9.53 Å². The van der Waals surface area contributed by atoms with Gasteiger partial charge in [0.25, 0.3) is 0 Å². The topological polar surface area (TPSA) is 47.9 Å². The van der Waals surface area contributed by atoms with E-state index in [1.165, 1.54) is 23.5 Å². The lowest BCUT2D eigenvalue weighted by Gasteiger charge is -2.08. The monoisotopic (exact) mass is 321 g/mol. The van der Waals surface area contributed by atoms with Crippen LogP contribution in [0.1, 0.15) is 10.4 Å². The summed E-state index contributed by atoms with van der Waals surface area (Å²) in [6.07, 6.45) is 1.58. The van der Waals surface area contributed by atoms with Crippen LogP contribution < -0.4 is 4.74 Å². The Morgan fingerprint density at radius 2 is 2.05 bits per heavy atom. The first kappa shape index (κ1) is 14.4. The number of benzene rings is 1. The van der Waals surface area contributed by atoms with Crippen LogP contribution in [0, 0.1) is 0 Å². The van der Waals surface area contributed by atoms with E-state index in [9.17, 15) is 13.6 Å². The number of thiophene rings is 1. The van der Waals surface area contributed by atoms with Gasteiger partial charge in [-0.1, -0.05) is 18.2 Å². The number of rotatable bonds is 4. The van der Waals surface area contributed by atoms with Gasteiger partial charge in [-0.05, 0) is 29.7 Å². The summed E-state index contributed by atoms with van der Waals surface area (Å²) >= 11 is 1.44. The Morgan fingerprint density at radius 1 is 1.23 bits per heavy atom. The molecule has 0 spiro atoms. The molecule has 2 heterocycles. The van der Waals surface area contributed by atoms with Gasteiger partial charge in [0.1, 0.15) is 5.75 Å². The number of carbonyl (C=O) groups is 1. The van der Waals surface area contributed by atoms with Gasteiger partial charge in [-0.15, -0.1) is 11.3 Å². The van der Waals surface area contributed by atoms with Crippen molar-refractivity contribution in [1.82, 2.24) is 0 Å². The smallest absolute Gasteiger partial charge is 0.387 e. The molecule has 0 saturated carbocycles. The van der Waals surface area contributed by atoms with E-state index >= 15 is 0 Å². The number of para-hydroxylation sites is 1. The van der Waals surface area contributed by atoms with Crippen LogP contribution in [0.15, 0.2) is 52.5 Å². The first-order chi connectivity index (χ1) is 10.6. The number of halogens is 2. The number of alkyl halides is 2. The summed E-state index contributed by atoms with van der Waals surface area (Å²) in [6.45, 7) is -2.97. The zero-order chi connectivity index (χ0) is 15.5. The highest BCUT2D eigenvalue weighted by Gasteiger charge is 2.26. The maximum atomic E-state index is 12.4. The van der Waals surface area contributed by atoms with Gasteiger partial charge in [-0.2, -0.15) is 8.78 Å². The maximum absolute atomic E-state index is 12.4. The molecule has 1 aromatic carbocycles. The van der Waals surface area contributed by atoms with Gasteiger partial charge in [0.2, 0.25) is 5.90 Å². The summed E-state index contributed by atoms with van der Waals surface area (Å²) in [5, 5.41) is 1.86. The average Bonchev–Trinajstić information content (AvgIpc) is 3.10. The van der Waals surface area contributed by atoms with Crippen LogP contribution in [0.5, 0.6) is 5.75 Å². The molecule has 112 valence electrons. The summed E-state index contributed by atoms with van der Waals surface area (Å²) in [5.74, 6) is -0.777. The molecule has 0 saturated heterocycles. The number of hydrogen-bond acceptors (Lipinski definition) is 5. The van der Waals surface area contributed by atoms with Crippen LogP contribution in [0.2, 0.25) is 0 Å². The Hall–Kier alpha value is -2.54. The lowest BCUT2D eigenvalue weighted by Crippen LogP contribution is -2.10. The van der Waals surface area contributed by atoms with E-state index in [0.717, 1.165) is 4.88 Å². The number of hydrogen-bond donors (Lipinski definition) is 0. The fourth-order valence-electron chi connectivity index (χ4n) is 1.87. The fraction of sp³-hybridized carbons (Fsp3) is 0.0667. The van der Waals surface area contributed by atoms with Gasteiger partial charge in [0.05, 0.1) is 5.56 Å². The molecule has 0 unspecified atom stereocenters. The minimum atomic E-state index is -2.97. The SMILES string of the molecule is O=C1OC(c2ccccc2OC(F)F)=N/C1=C\c1cccs1. The van der Waals surface area contributed by atoms with Gasteiger partial charge in [0.15, 0.2) is 5.70 Å². The number of nitrogens with zero attached hydrogens (tertiary/aromatic N) is 1. The second kappa shape index (κ2) is 6.07. The maximum Gasteiger partial charge on any atom is 0.387 e. The van der Waals surface area contributed by atoms with E-state index in [4.69, 9.17) is 4.74 Å². The molecule has 0 amide bonds. The minimum Gasteiger partial charge on any atom is -0.434 e. The van der Waals surface area contributed by atoms with Gasteiger partial charge < -0.3 is 9.47 Å². The predicted molar refractivity (Wildman–Crippen MR) is 78.0 cm³/mol. The summed E-state index contributed by atoms with van der Waals surface area (Å²) in [7, 11) is 0. The molecule has 0 bridgehead atoms. The third kappa shape index (κ3) is 3.04. The average molecular weight is 321 g/mol. The number of carbonyl (C=O) groups excluding carboxylic acids is 1.